The van der Waals surface area contributed by atoms with E-state index in [0.717, 1.165) is 12.8 Å². The molecule has 0 aliphatic carbocycles. The molecular weight excluding hydrogens is 300 g/mol. The van der Waals surface area contributed by atoms with E-state index in [1.54, 1.807) is 24.3 Å². The number of carbonyl (C=O) groups excluding carboxylic acids is 2. The fourth-order valence-electron chi connectivity index (χ4n) is 1.63. The van der Waals surface area contributed by atoms with E-state index in [9.17, 15) is 9.59 Å². The first-order valence-corrected chi connectivity index (χ1v) is 7.72. The third-order valence-corrected chi connectivity index (χ3v) is 2.64. The van der Waals surface area contributed by atoms with Crippen LogP contribution in [0.3, 0.4) is 0 Å². The maximum absolute atomic E-state index is 11.7. The third-order valence-electron chi connectivity index (χ3n) is 2.64. The van der Waals surface area contributed by atoms with Crippen LogP contribution in [-0.4, -0.2) is 37.9 Å². The Balaban J connectivity index is 2.35. The van der Waals surface area contributed by atoms with Crippen molar-refractivity contribution in [3.8, 4) is 11.5 Å². The van der Waals surface area contributed by atoms with Crippen molar-refractivity contribution in [1.82, 2.24) is 0 Å². The number of unbranched alkanes of at least 4 members (excludes halogenated alkanes) is 1. The summed E-state index contributed by atoms with van der Waals surface area (Å²) in [5, 5.41) is 0. The average Bonchev–Trinajstić information content (AvgIpc) is 2.49. The van der Waals surface area contributed by atoms with Crippen molar-refractivity contribution in [2.24, 2.45) is 0 Å². The molecule has 0 bridgehead atoms. The number of esters is 2. The third kappa shape index (κ3) is 8.21. The number of para-hydroxylation sites is 2. The number of carbonyl (C=O) groups is 2. The summed E-state index contributed by atoms with van der Waals surface area (Å²) in [6.07, 6.45) is 1.71. The lowest BCUT2D eigenvalue weighted by Crippen LogP contribution is -2.21. The van der Waals surface area contributed by atoms with Gasteiger partial charge in [0.15, 0.2) is 11.5 Å². The van der Waals surface area contributed by atoms with Crippen LogP contribution in [0, 0.1) is 0 Å². The molecule has 0 saturated carbocycles. The van der Waals surface area contributed by atoms with E-state index in [1.807, 2.05) is 20.8 Å². The van der Waals surface area contributed by atoms with Crippen LogP contribution in [0.15, 0.2) is 24.3 Å². The summed E-state index contributed by atoms with van der Waals surface area (Å²) in [6.45, 7) is 5.52. The molecule has 0 spiro atoms. The van der Waals surface area contributed by atoms with Crippen molar-refractivity contribution in [2.45, 2.75) is 39.7 Å². The number of ether oxygens (including phenoxy) is 4. The summed E-state index contributed by atoms with van der Waals surface area (Å²) in [5.74, 6) is -0.295. The molecule has 1 aromatic rings. The van der Waals surface area contributed by atoms with Gasteiger partial charge in [-0.05, 0) is 32.4 Å². The second-order valence-electron chi connectivity index (χ2n) is 5.15. The van der Waals surface area contributed by atoms with Crippen LogP contribution in [0.5, 0.6) is 11.5 Å². The highest BCUT2D eigenvalue weighted by Crippen LogP contribution is 2.27. The van der Waals surface area contributed by atoms with Crippen LogP contribution >= 0.6 is 0 Å². The van der Waals surface area contributed by atoms with Crippen molar-refractivity contribution in [3.63, 3.8) is 0 Å². The molecule has 6 nitrogen and oxygen atoms in total. The molecule has 23 heavy (non-hydrogen) atoms. The van der Waals surface area contributed by atoms with E-state index in [4.69, 9.17) is 18.9 Å². The Bertz CT molecular complexity index is 498. The molecule has 0 aromatic heterocycles. The summed E-state index contributed by atoms with van der Waals surface area (Å²) < 4.78 is 20.6. The minimum absolute atomic E-state index is 0.0380. The van der Waals surface area contributed by atoms with Crippen LogP contribution in [0.25, 0.3) is 0 Å². The molecule has 0 unspecified atom stereocenters. The standard InChI is InChI=1S/C17H24O6/c1-4-5-10-21-16(18)11-20-12-17(19)23-15-9-7-6-8-14(15)22-13(2)3/h6-9,13H,4-5,10-12H2,1-3H3. The quantitative estimate of drug-likeness (QED) is 0.374. The van der Waals surface area contributed by atoms with Gasteiger partial charge in [0.2, 0.25) is 0 Å². The van der Waals surface area contributed by atoms with Gasteiger partial charge in [-0.1, -0.05) is 25.5 Å². The van der Waals surface area contributed by atoms with Gasteiger partial charge in [-0.2, -0.15) is 0 Å². The Hall–Kier alpha value is -2.08. The molecule has 1 aromatic carbocycles. The molecule has 0 heterocycles. The molecule has 0 fully saturated rings. The van der Waals surface area contributed by atoms with Crippen molar-refractivity contribution in [2.75, 3.05) is 19.8 Å². The van der Waals surface area contributed by atoms with Crippen LogP contribution in [0.4, 0.5) is 0 Å². The maximum atomic E-state index is 11.7. The monoisotopic (exact) mass is 324 g/mol. The molecule has 6 heteroatoms. The Morgan fingerprint density at radius 1 is 1.04 bits per heavy atom. The van der Waals surface area contributed by atoms with E-state index in [2.05, 4.69) is 0 Å². The van der Waals surface area contributed by atoms with E-state index in [-0.39, 0.29) is 19.3 Å². The smallest absolute Gasteiger partial charge is 0.337 e. The molecule has 128 valence electrons. The Morgan fingerprint density at radius 3 is 2.35 bits per heavy atom. The van der Waals surface area contributed by atoms with Crippen molar-refractivity contribution in [3.05, 3.63) is 24.3 Å². The van der Waals surface area contributed by atoms with Gasteiger partial charge in [0.25, 0.3) is 0 Å². The maximum Gasteiger partial charge on any atom is 0.337 e. The van der Waals surface area contributed by atoms with Gasteiger partial charge in [-0.15, -0.1) is 0 Å². The summed E-state index contributed by atoms with van der Waals surface area (Å²) in [4.78, 5) is 23.1. The summed E-state index contributed by atoms with van der Waals surface area (Å²) in [5.41, 5.74) is 0. The summed E-state index contributed by atoms with van der Waals surface area (Å²) in [6, 6.07) is 6.88. The van der Waals surface area contributed by atoms with Gasteiger partial charge in [0.1, 0.15) is 13.2 Å². The lowest BCUT2D eigenvalue weighted by atomic mass is 10.3. The molecule has 0 atom stereocenters. The fraction of sp³-hybridized carbons (Fsp3) is 0.529. The first kappa shape index (κ1) is 19.0. The number of rotatable bonds is 10. The zero-order chi connectivity index (χ0) is 17.1. The van der Waals surface area contributed by atoms with Gasteiger partial charge in [-0.3, -0.25) is 0 Å². The van der Waals surface area contributed by atoms with Crippen molar-refractivity contribution in [1.29, 1.82) is 0 Å². The van der Waals surface area contributed by atoms with Gasteiger partial charge in [-0.25, -0.2) is 9.59 Å². The topological polar surface area (TPSA) is 71.1 Å². The highest BCUT2D eigenvalue weighted by molar-refractivity contribution is 5.75. The van der Waals surface area contributed by atoms with Gasteiger partial charge in [0.05, 0.1) is 12.7 Å². The zero-order valence-corrected chi connectivity index (χ0v) is 13.9. The SMILES string of the molecule is CCCCOC(=O)COCC(=O)Oc1ccccc1OC(C)C. The molecule has 0 aliphatic rings. The van der Waals surface area contributed by atoms with Crippen LogP contribution in [0.1, 0.15) is 33.6 Å². The molecule has 0 amide bonds. The molecule has 0 N–H and O–H groups in total. The Kier molecular flexibility index (Phi) is 8.75. The second kappa shape index (κ2) is 10.6. The lowest BCUT2D eigenvalue weighted by Gasteiger charge is -2.13. The largest absolute Gasteiger partial charge is 0.487 e. The molecule has 0 aliphatic heterocycles. The predicted octanol–water partition coefficient (Wildman–Crippen LogP) is 2.74. The van der Waals surface area contributed by atoms with E-state index < -0.39 is 11.9 Å². The Labute approximate surface area is 136 Å². The van der Waals surface area contributed by atoms with Gasteiger partial charge in [0, 0.05) is 0 Å². The number of hydrogen-bond donors (Lipinski definition) is 0. The molecule has 1 rings (SSSR count). The zero-order valence-electron chi connectivity index (χ0n) is 13.9. The average molecular weight is 324 g/mol. The first-order chi connectivity index (χ1) is 11.0. The Morgan fingerprint density at radius 2 is 1.70 bits per heavy atom. The van der Waals surface area contributed by atoms with Crippen LogP contribution in [0.2, 0.25) is 0 Å². The second-order valence-corrected chi connectivity index (χ2v) is 5.15. The molecular formula is C17H24O6. The fourth-order valence-corrected chi connectivity index (χ4v) is 1.63. The molecule has 0 radical (unpaired) electrons. The van der Waals surface area contributed by atoms with Gasteiger partial charge >= 0.3 is 11.9 Å². The first-order valence-electron chi connectivity index (χ1n) is 7.72. The van der Waals surface area contributed by atoms with E-state index in [0.29, 0.717) is 18.1 Å². The van der Waals surface area contributed by atoms with E-state index >= 15 is 0 Å². The molecule has 0 saturated heterocycles. The lowest BCUT2D eigenvalue weighted by molar-refractivity contribution is -0.152. The normalized spacial score (nSPS) is 10.4. The minimum atomic E-state index is -0.605. The highest BCUT2D eigenvalue weighted by Gasteiger charge is 2.12. The van der Waals surface area contributed by atoms with Crippen molar-refractivity contribution >= 4 is 11.9 Å². The van der Waals surface area contributed by atoms with Crippen molar-refractivity contribution < 1.29 is 28.5 Å². The predicted molar refractivity (Wildman–Crippen MR) is 84.5 cm³/mol. The summed E-state index contributed by atoms with van der Waals surface area (Å²) >= 11 is 0. The number of hydrogen-bond acceptors (Lipinski definition) is 6. The van der Waals surface area contributed by atoms with Crippen LogP contribution < -0.4 is 9.47 Å². The summed E-state index contributed by atoms with van der Waals surface area (Å²) in [7, 11) is 0. The van der Waals surface area contributed by atoms with Gasteiger partial charge < -0.3 is 18.9 Å². The number of benzene rings is 1. The highest BCUT2D eigenvalue weighted by atomic mass is 16.6. The minimum Gasteiger partial charge on any atom is -0.487 e. The van der Waals surface area contributed by atoms with E-state index in [1.165, 1.54) is 0 Å². The van der Waals surface area contributed by atoms with Crippen LogP contribution in [-0.2, 0) is 19.1 Å².